The average molecular weight is 952 g/mol. The van der Waals surface area contributed by atoms with Gasteiger partial charge in [0.15, 0.2) is 5.84 Å². The number of ether oxygens (including phenoxy) is 2. The predicted octanol–water partition coefficient (Wildman–Crippen LogP) is 6.92. The first-order valence-electron chi connectivity index (χ1n) is 25.1. The van der Waals surface area contributed by atoms with Crippen molar-refractivity contribution in [3.63, 3.8) is 0 Å². The molecule has 0 radical (unpaired) electrons. The monoisotopic (exact) mass is 952 g/mol. The number of fused-ring (bicyclic) bond motifs is 3. The molecule has 5 heterocycles. The van der Waals surface area contributed by atoms with E-state index >= 15 is 0 Å². The van der Waals surface area contributed by atoms with E-state index in [0.29, 0.717) is 30.4 Å². The number of nitrogens with zero attached hydrogens (tertiary/aromatic N) is 6. The summed E-state index contributed by atoms with van der Waals surface area (Å²) in [4.78, 5) is 90.1. The molecular formula is C54H65N9O7. The summed E-state index contributed by atoms with van der Waals surface area (Å²) in [5.74, 6) is -0.134. The number of hydrogen-bond donors (Lipinski definition) is 3. The van der Waals surface area contributed by atoms with E-state index in [0.717, 1.165) is 91.8 Å². The molecule has 3 aliphatic carbocycles. The number of alkyl carbamates (subject to hydrolysis) is 2. The Labute approximate surface area is 409 Å². The van der Waals surface area contributed by atoms with E-state index in [4.69, 9.17) is 19.5 Å². The summed E-state index contributed by atoms with van der Waals surface area (Å²) in [6, 6.07) is 11.0. The van der Waals surface area contributed by atoms with Crippen molar-refractivity contribution in [1.82, 2.24) is 35.3 Å². The molecule has 70 heavy (non-hydrogen) atoms. The van der Waals surface area contributed by atoms with E-state index in [1.165, 1.54) is 30.9 Å². The number of aliphatic imine (C=N–C) groups is 2. The van der Waals surface area contributed by atoms with Gasteiger partial charge in [0.25, 0.3) is 5.91 Å². The minimum atomic E-state index is -0.773. The zero-order valence-corrected chi connectivity index (χ0v) is 41.3. The highest BCUT2D eigenvalue weighted by atomic mass is 16.5. The van der Waals surface area contributed by atoms with Crippen LogP contribution in [0.2, 0.25) is 0 Å². The minimum absolute atomic E-state index is 0.0410. The number of allylic oxidation sites excluding steroid dienone is 3. The number of nitrogens with one attached hydrogen (secondary N) is 3. The third-order valence-electron chi connectivity index (χ3n) is 16.1. The van der Waals surface area contributed by atoms with Gasteiger partial charge in [-0.25, -0.2) is 19.6 Å². The van der Waals surface area contributed by atoms with Crippen molar-refractivity contribution < 1.29 is 33.4 Å². The number of benzene rings is 2. The molecule has 1 aromatic heterocycles. The average Bonchev–Trinajstić information content (AvgIpc) is 3.83. The molecule has 1 spiro atoms. The molecule has 3 aromatic rings. The quantitative estimate of drug-likeness (QED) is 0.183. The first-order valence-corrected chi connectivity index (χ1v) is 25.1. The number of likely N-dealkylation sites (tertiary alicyclic amines) is 3. The molecule has 3 N–H and O–H groups in total. The molecule has 0 bridgehead atoms. The Kier molecular flexibility index (Phi) is 12.6. The molecule has 3 saturated heterocycles. The lowest BCUT2D eigenvalue weighted by molar-refractivity contribution is -0.136. The van der Waals surface area contributed by atoms with Gasteiger partial charge in [0.05, 0.1) is 43.9 Å². The molecule has 3 unspecified atom stereocenters. The summed E-state index contributed by atoms with van der Waals surface area (Å²) < 4.78 is 9.64. The predicted molar refractivity (Wildman–Crippen MR) is 266 cm³/mol. The second-order valence-electron chi connectivity index (χ2n) is 21.3. The summed E-state index contributed by atoms with van der Waals surface area (Å²) in [7, 11) is 4.78. The van der Waals surface area contributed by atoms with Gasteiger partial charge < -0.3 is 39.8 Å². The van der Waals surface area contributed by atoms with Crippen LogP contribution in [0.1, 0.15) is 94.8 Å². The molecule has 5 amide bonds. The molecule has 368 valence electrons. The molecule has 10 rings (SSSR count). The number of aromatic amines is 1. The number of amides is 5. The number of H-pyrrole nitrogens is 1. The largest absolute Gasteiger partial charge is 0.453 e. The minimum Gasteiger partial charge on any atom is -0.453 e. The molecule has 2 aromatic carbocycles. The van der Waals surface area contributed by atoms with Gasteiger partial charge in [-0.15, -0.1) is 0 Å². The van der Waals surface area contributed by atoms with Gasteiger partial charge in [-0.2, -0.15) is 4.99 Å². The van der Waals surface area contributed by atoms with Crippen molar-refractivity contribution >= 4 is 47.0 Å². The maximum Gasteiger partial charge on any atom is 0.407 e. The Bertz CT molecular complexity index is 2730. The van der Waals surface area contributed by atoms with E-state index in [-0.39, 0.29) is 47.1 Å². The van der Waals surface area contributed by atoms with Gasteiger partial charge in [0, 0.05) is 12.6 Å². The molecule has 4 aliphatic heterocycles. The Morgan fingerprint density at radius 3 is 2.10 bits per heavy atom. The molecule has 16 nitrogen and oxygen atoms in total. The van der Waals surface area contributed by atoms with Crippen LogP contribution in [0.5, 0.6) is 0 Å². The SMILES string of the molecule is COC(=O)N[C@H](C(=O)N1CCC[C@H]1c1ncc(-c2ccc(-c3ccc(C4=CC5C(=O)N=C([C@@H]6CC7CC7N6C(=O)[C@@H](NC(=O)OC)C(C)C)N=C5C=C4)c4c3CC3(CCN(C)CC3)C4)cc2)[nH]1)C(C)C. The van der Waals surface area contributed by atoms with E-state index < -0.39 is 36.2 Å². The number of rotatable bonds is 11. The second kappa shape index (κ2) is 18.7. The van der Waals surface area contributed by atoms with Gasteiger partial charge in [-0.1, -0.05) is 76.2 Å². The summed E-state index contributed by atoms with van der Waals surface area (Å²) in [6.07, 6.45) is 14.0. The van der Waals surface area contributed by atoms with Crippen LogP contribution >= 0.6 is 0 Å². The lowest BCUT2D eigenvalue weighted by Crippen LogP contribution is -2.55. The number of piperidine rings is 2. The van der Waals surface area contributed by atoms with Gasteiger partial charge in [-0.3, -0.25) is 14.4 Å². The summed E-state index contributed by atoms with van der Waals surface area (Å²) in [5, 5.41) is 5.45. The fourth-order valence-electron chi connectivity index (χ4n) is 12.0. The van der Waals surface area contributed by atoms with Crippen molar-refractivity contribution in [2.24, 2.45) is 39.1 Å². The number of carbonyl (C=O) groups is 5. The maximum atomic E-state index is 14.1. The van der Waals surface area contributed by atoms with Crippen LogP contribution in [0.25, 0.3) is 28.0 Å². The van der Waals surface area contributed by atoms with Crippen molar-refractivity contribution in [3.05, 3.63) is 83.3 Å². The molecule has 16 heteroatoms. The summed E-state index contributed by atoms with van der Waals surface area (Å²) >= 11 is 0. The summed E-state index contributed by atoms with van der Waals surface area (Å²) in [6.45, 7) is 10.3. The van der Waals surface area contributed by atoms with Crippen LogP contribution < -0.4 is 10.6 Å². The lowest BCUT2D eigenvalue weighted by Gasteiger charge is -2.38. The smallest absolute Gasteiger partial charge is 0.407 e. The molecule has 7 atom stereocenters. The maximum absolute atomic E-state index is 14.1. The standard InChI is InChI=1S/C54H65N9O7/c1-29(2)45(58-52(67)69-6)50(65)62-20-8-9-42(62)47-55-28-41(57-47)32-12-10-31(11-13-32)35-15-16-36(39-27-54(26-38(35)39)18-21-61(5)22-19-54)33-14-17-40-37(23-33)49(64)60-48(56-40)44-25-34-24-43(34)63(44)51(66)46(30(3)4)59-53(68)70-7/h10-17,23,28-30,34,37,42-46H,8-9,18-22,24-27H2,1-7H3,(H,55,57)(H,58,67)(H,59,68)/t34?,37?,42-,43?,44-,45-,46-/m0/s1. The third kappa shape index (κ3) is 8.76. The van der Waals surface area contributed by atoms with Crippen LogP contribution in [0.15, 0.2) is 70.8 Å². The number of carbonyl (C=O) groups excluding carboxylic acids is 5. The molecule has 7 aliphatic rings. The van der Waals surface area contributed by atoms with Crippen molar-refractivity contribution in [1.29, 1.82) is 0 Å². The fourth-order valence-corrected chi connectivity index (χ4v) is 12.0. The van der Waals surface area contributed by atoms with Crippen molar-refractivity contribution in [2.75, 3.05) is 40.9 Å². The van der Waals surface area contributed by atoms with E-state index in [9.17, 15) is 24.0 Å². The van der Waals surface area contributed by atoms with E-state index in [1.807, 2.05) is 55.8 Å². The Morgan fingerprint density at radius 1 is 0.786 bits per heavy atom. The number of aromatic nitrogens is 2. The molecule has 1 saturated carbocycles. The zero-order valence-electron chi connectivity index (χ0n) is 41.3. The zero-order chi connectivity index (χ0) is 49.2. The van der Waals surface area contributed by atoms with Gasteiger partial charge in [-0.05, 0) is 140 Å². The number of hydrogen-bond acceptors (Lipinski definition) is 10. The van der Waals surface area contributed by atoms with Crippen LogP contribution in [0.4, 0.5) is 9.59 Å². The highest BCUT2D eigenvalue weighted by Gasteiger charge is 2.57. The van der Waals surface area contributed by atoms with Crippen molar-refractivity contribution in [2.45, 2.75) is 109 Å². The third-order valence-corrected chi connectivity index (χ3v) is 16.1. The fraction of sp³-hybridized carbons (Fsp3) is 0.519. The van der Waals surface area contributed by atoms with Crippen LogP contribution in [0.3, 0.4) is 0 Å². The Balaban J connectivity index is 0.893. The number of methoxy groups -OCH3 is 2. The number of amidine groups is 1. The topological polar surface area (TPSA) is 191 Å². The Hall–Kier alpha value is -6.42. The van der Waals surface area contributed by atoms with E-state index in [1.54, 1.807) is 0 Å². The first kappa shape index (κ1) is 47.3. The second-order valence-corrected chi connectivity index (χ2v) is 21.3. The van der Waals surface area contributed by atoms with Gasteiger partial charge in [0.1, 0.15) is 23.8 Å². The van der Waals surface area contributed by atoms with Crippen LogP contribution in [0, 0.1) is 29.1 Å². The normalized spacial score (nSPS) is 25.2. The Morgan fingerprint density at radius 2 is 1.43 bits per heavy atom. The molecule has 4 fully saturated rings. The highest BCUT2D eigenvalue weighted by Crippen LogP contribution is 2.51. The highest BCUT2D eigenvalue weighted by molar-refractivity contribution is 6.24. The first-order chi connectivity index (χ1) is 33.6. The van der Waals surface area contributed by atoms with Crippen LogP contribution in [-0.4, -0.2) is 131 Å². The van der Waals surface area contributed by atoms with E-state index in [2.05, 4.69) is 75.0 Å². The van der Waals surface area contributed by atoms with Crippen LogP contribution in [-0.2, 0) is 36.7 Å². The van der Waals surface area contributed by atoms with Crippen molar-refractivity contribution in [3.8, 4) is 22.4 Å². The van der Waals surface area contributed by atoms with Gasteiger partial charge in [0.2, 0.25) is 11.8 Å². The summed E-state index contributed by atoms with van der Waals surface area (Å²) in [5.41, 5.74) is 9.82. The number of imidazole rings is 1. The molecular weight excluding hydrogens is 887 g/mol. The van der Waals surface area contributed by atoms with Gasteiger partial charge >= 0.3 is 12.2 Å². The lowest BCUT2D eigenvalue weighted by atomic mass is 9.75.